The van der Waals surface area contributed by atoms with Crippen LogP contribution >= 0.6 is 0 Å². The van der Waals surface area contributed by atoms with Crippen LogP contribution < -0.4 is 5.32 Å². The zero-order chi connectivity index (χ0) is 12.0. The van der Waals surface area contributed by atoms with Gasteiger partial charge in [0.05, 0.1) is 6.04 Å². The van der Waals surface area contributed by atoms with E-state index in [0.29, 0.717) is 12.1 Å². The van der Waals surface area contributed by atoms with Crippen LogP contribution in [0, 0.1) is 0 Å². The minimum Gasteiger partial charge on any atom is -0.337 e. The van der Waals surface area contributed by atoms with Crippen LogP contribution in [0.25, 0.3) is 0 Å². The maximum Gasteiger partial charge on any atom is 0.125 e. The second kappa shape index (κ2) is 6.69. The molecule has 0 aliphatic heterocycles. The van der Waals surface area contributed by atoms with Crippen molar-refractivity contribution in [3.63, 3.8) is 0 Å². The van der Waals surface area contributed by atoms with E-state index in [0.717, 1.165) is 5.82 Å². The lowest BCUT2D eigenvalue weighted by Gasteiger charge is -2.19. The van der Waals surface area contributed by atoms with Gasteiger partial charge in [-0.15, -0.1) is 0 Å². The lowest BCUT2D eigenvalue weighted by molar-refractivity contribution is 0.423. The molecule has 92 valence electrons. The third kappa shape index (κ3) is 3.97. The zero-order valence-corrected chi connectivity index (χ0v) is 11.0. The Labute approximate surface area is 99.3 Å². The number of hydrogen-bond acceptors (Lipinski definition) is 2. The summed E-state index contributed by atoms with van der Waals surface area (Å²) >= 11 is 0. The van der Waals surface area contributed by atoms with E-state index in [4.69, 9.17) is 0 Å². The van der Waals surface area contributed by atoms with E-state index < -0.39 is 0 Å². The topological polar surface area (TPSA) is 29.9 Å². The van der Waals surface area contributed by atoms with Gasteiger partial charge < -0.3 is 9.88 Å². The highest BCUT2D eigenvalue weighted by Crippen LogP contribution is 2.11. The van der Waals surface area contributed by atoms with E-state index in [1.165, 1.54) is 25.7 Å². The molecule has 0 aromatic carbocycles. The fourth-order valence-corrected chi connectivity index (χ4v) is 2.08. The Hall–Kier alpha value is -0.830. The van der Waals surface area contributed by atoms with E-state index in [1.54, 1.807) is 0 Å². The average Bonchev–Trinajstić information content (AvgIpc) is 2.65. The Bertz CT molecular complexity index is 293. The molecule has 0 fully saturated rings. The number of nitrogens with one attached hydrogen (secondary N) is 1. The van der Waals surface area contributed by atoms with Gasteiger partial charge in [-0.05, 0) is 20.3 Å². The fourth-order valence-electron chi connectivity index (χ4n) is 2.08. The molecule has 0 aliphatic rings. The van der Waals surface area contributed by atoms with E-state index in [2.05, 4.69) is 35.6 Å². The molecule has 3 heteroatoms. The number of hydrogen-bond donors (Lipinski definition) is 1. The molecule has 1 heterocycles. The molecule has 0 aliphatic carbocycles. The van der Waals surface area contributed by atoms with Gasteiger partial charge in [0, 0.05) is 25.5 Å². The summed E-state index contributed by atoms with van der Waals surface area (Å²) in [6, 6.07) is 0.898. The van der Waals surface area contributed by atoms with Crippen LogP contribution in [-0.2, 0) is 7.05 Å². The summed E-state index contributed by atoms with van der Waals surface area (Å²) in [4.78, 5) is 4.37. The van der Waals surface area contributed by atoms with Crippen molar-refractivity contribution in [2.75, 3.05) is 0 Å². The van der Waals surface area contributed by atoms with Gasteiger partial charge in [-0.25, -0.2) is 4.98 Å². The van der Waals surface area contributed by atoms with Crippen LogP contribution in [-0.4, -0.2) is 15.6 Å². The van der Waals surface area contributed by atoms with Crippen molar-refractivity contribution >= 4 is 0 Å². The predicted octanol–water partition coefficient (Wildman–Crippen LogP) is 3.04. The van der Waals surface area contributed by atoms with Crippen LogP contribution in [0.4, 0.5) is 0 Å². The second-order valence-corrected chi connectivity index (χ2v) is 4.68. The SMILES string of the molecule is CCCCCC(C)NC(C)c1nccn1C. The summed E-state index contributed by atoms with van der Waals surface area (Å²) in [7, 11) is 2.04. The van der Waals surface area contributed by atoms with Gasteiger partial charge in [-0.1, -0.05) is 26.2 Å². The lowest BCUT2D eigenvalue weighted by Crippen LogP contribution is -2.30. The molecule has 1 aromatic heterocycles. The van der Waals surface area contributed by atoms with Gasteiger partial charge in [0.2, 0.25) is 0 Å². The minimum absolute atomic E-state index is 0.330. The van der Waals surface area contributed by atoms with Gasteiger partial charge in [-0.2, -0.15) is 0 Å². The van der Waals surface area contributed by atoms with Crippen molar-refractivity contribution in [3.05, 3.63) is 18.2 Å². The minimum atomic E-state index is 0.330. The maximum absolute atomic E-state index is 4.37. The Kier molecular flexibility index (Phi) is 5.53. The molecule has 1 N–H and O–H groups in total. The molecule has 1 rings (SSSR count). The molecule has 0 bridgehead atoms. The second-order valence-electron chi connectivity index (χ2n) is 4.68. The number of unbranched alkanes of at least 4 members (excludes halogenated alkanes) is 2. The number of imidazole rings is 1. The van der Waals surface area contributed by atoms with Crippen LogP contribution in [0.5, 0.6) is 0 Å². The molecular weight excluding hydrogens is 198 g/mol. The fraction of sp³-hybridized carbons (Fsp3) is 0.769. The van der Waals surface area contributed by atoms with Gasteiger partial charge in [-0.3, -0.25) is 0 Å². The zero-order valence-electron chi connectivity index (χ0n) is 11.0. The number of nitrogens with zero attached hydrogens (tertiary/aromatic N) is 2. The largest absolute Gasteiger partial charge is 0.337 e. The summed E-state index contributed by atoms with van der Waals surface area (Å²) in [6.45, 7) is 6.68. The molecule has 0 radical (unpaired) electrons. The summed E-state index contributed by atoms with van der Waals surface area (Å²) < 4.78 is 2.08. The van der Waals surface area contributed by atoms with Crippen molar-refractivity contribution in [1.29, 1.82) is 0 Å². The first-order valence-corrected chi connectivity index (χ1v) is 6.38. The number of aryl methyl sites for hydroxylation is 1. The van der Waals surface area contributed by atoms with Gasteiger partial charge >= 0.3 is 0 Å². The van der Waals surface area contributed by atoms with Crippen LogP contribution in [0.15, 0.2) is 12.4 Å². The molecular formula is C13H25N3. The van der Waals surface area contributed by atoms with E-state index in [9.17, 15) is 0 Å². The van der Waals surface area contributed by atoms with Gasteiger partial charge in [0.1, 0.15) is 5.82 Å². The third-order valence-corrected chi connectivity index (χ3v) is 3.02. The van der Waals surface area contributed by atoms with Crippen molar-refractivity contribution in [2.24, 2.45) is 7.05 Å². The van der Waals surface area contributed by atoms with E-state index in [1.807, 2.05) is 19.4 Å². The lowest BCUT2D eigenvalue weighted by atomic mass is 10.1. The van der Waals surface area contributed by atoms with Crippen LogP contribution in [0.2, 0.25) is 0 Å². The van der Waals surface area contributed by atoms with Crippen molar-refractivity contribution in [1.82, 2.24) is 14.9 Å². The number of aromatic nitrogens is 2. The maximum atomic E-state index is 4.37. The summed E-state index contributed by atoms with van der Waals surface area (Å²) in [5, 5.41) is 3.60. The Morgan fingerprint density at radius 1 is 1.38 bits per heavy atom. The molecule has 16 heavy (non-hydrogen) atoms. The number of rotatable bonds is 7. The molecule has 0 amide bonds. The highest BCUT2D eigenvalue weighted by Gasteiger charge is 2.12. The van der Waals surface area contributed by atoms with Gasteiger partial charge in [0.15, 0.2) is 0 Å². The van der Waals surface area contributed by atoms with Gasteiger partial charge in [0.25, 0.3) is 0 Å². The monoisotopic (exact) mass is 223 g/mol. The first-order chi connectivity index (χ1) is 7.65. The summed E-state index contributed by atoms with van der Waals surface area (Å²) in [5.74, 6) is 1.11. The Morgan fingerprint density at radius 2 is 2.12 bits per heavy atom. The average molecular weight is 223 g/mol. The van der Waals surface area contributed by atoms with Crippen molar-refractivity contribution in [2.45, 2.75) is 58.5 Å². The van der Waals surface area contributed by atoms with Crippen LogP contribution in [0.1, 0.15) is 58.3 Å². The normalized spacial score (nSPS) is 15.0. The quantitative estimate of drug-likeness (QED) is 0.720. The third-order valence-electron chi connectivity index (χ3n) is 3.02. The molecule has 2 atom stereocenters. The van der Waals surface area contributed by atoms with Crippen molar-refractivity contribution in [3.8, 4) is 0 Å². The molecule has 3 nitrogen and oxygen atoms in total. The Morgan fingerprint density at radius 3 is 2.69 bits per heavy atom. The molecule has 2 unspecified atom stereocenters. The van der Waals surface area contributed by atoms with E-state index in [-0.39, 0.29) is 0 Å². The molecule has 0 saturated heterocycles. The Balaban J connectivity index is 2.33. The molecule has 1 aromatic rings. The van der Waals surface area contributed by atoms with E-state index >= 15 is 0 Å². The molecule has 0 spiro atoms. The smallest absolute Gasteiger partial charge is 0.125 e. The first-order valence-electron chi connectivity index (χ1n) is 6.38. The highest BCUT2D eigenvalue weighted by molar-refractivity contribution is 4.97. The summed E-state index contributed by atoms with van der Waals surface area (Å²) in [6.07, 6.45) is 9.05. The summed E-state index contributed by atoms with van der Waals surface area (Å²) in [5.41, 5.74) is 0. The highest BCUT2D eigenvalue weighted by atomic mass is 15.1. The van der Waals surface area contributed by atoms with Crippen LogP contribution in [0.3, 0.4) is 0 Å². The predicted molar refractivity (Wildman–Crippen MR) is 68.4 cm³/mol. The first kappa shape index (κ1) is 13.2. The molecule has 0 saturated carbocycles. The standard InChI is InChI=1S/C13H25N3/c1-5-6-7-8-11(2)15-12(3)13-14-9-10-16(13)4/h9-12,15H,5-8H2,1-4H3. The van der Waals surface area contributed by atoms with Crippen molar-refractivity contribution < 1.29 is 0 Å².